The first-order valence-corrected chi connectivity index (χ1v) is 13.4. The molecule has 0 aliphatic heterocycles. The lowest BCUT2D eigenvalue weighted by Gasteiger charge is -2.55. The molecule has 0 saturated heterocycles. The van der Waals surface area contributed by atoms with Crippen molar-refractivity contribution in [3.05, 3.63) is 65.9 Å². The van der Waals surface area contributed by atoms with Crippen molar-refractivity contribution in [3.63, 3.8) is 0 Å². The number of fused-ring (bicyclic) bond motifs is 1. The maximum atomic E-state index is 13.4. The van der Waals surface area contributed by atoms with E-state index in [4.69, 9.17) is 6.42 Å². The van der Waals surface area contributed by atoms with Gasteiger partial charge in [-0.05, 0) is 92.2 Å². The average molecular weight is 504 g/mol. The van der Waals surface area contributed by atoms with E-state index in [1.165, 1.54) is 19.3 Å². The molecule has 8 nitrogen and oxygen atoms in total. The average Bonchev–Trinajstić information content (AvgIpc) is 3.34. The van der Waals surface area contributed by atoms with Gasteiger partial charge in [0.2, 0.25) is 11.9 Å². The molecule has 4 fully saturated rings. The van der Waals surface area contributed by atoms with E-state index < -0.39 is 0 Å². The molecule has 4 aliphatic carbocycles. The minimum absolute atomic E-state index is 0.144. The van der Waals surface area contributed by atoms with E-state index in [-0.39, 0.29) is 11.3 Å². The molecular weight excluding hydrogens is 474 g/mol. The first kappa shape index (κ1) is 22.9. The second-order valence-corrected chi connectivity index (χ2v) is 11.3. The van der Waals surface area contributed by atoms with Crippen molar-refractivity contribution >= 4 is 28.7 Å². The van der Waals surface area contributed by atoms with E-state index in [1.807, 2.05) is 48.5 Å². The molecule has 2 N–H and O–H groups in total. The van der Waals surface area contributed by atoms with Gasteiger partial charge in [0.25, 0.3) is 0 Å². The molecule has 190 valence electrons. The Labute approximate surface area is 221 Å². The quantitative estimate of drug-likeness (QED) is 0.368. The fraction of sp³-hybridized carbons (Fsp3) is 0.367. The zero-order chi connectivity index (χ0) is 25.7. The third-order valence-corrected chi connectivity index (χ3v) is 8.61. The lowest BCUT2D eigenvalue weighted by molar-refractivity contribution is -0.146. The fourth-order valence-corrected chi connectivity index (χ4v) is 7.33. The molecule has 0 atom stereocenters. The number of benzene rings is 2. The summed E-state index contributed by atoms with van der Waals surface area (Å²) in [6.07, 6.45) is 14.4. The van der Waals surface area contributed by atoms with Crippen molar-refractivity contribution in [1.82, 2.24) is 30.3 Å². The predicted molar refractivity (Wildman–Crippen MR) is 145 cm³/mol. The summed E-state index contributed by atoms with van der Waals surface area (Å²) < 4.78 is 1.70. The molecule has 4 saturated carbocycles. The van der Waals surface area contributed by atoms with Crippen LogP contribution in [0.4, 0.5) is 11.6 Å². The maximum Gasteiger partial charge on any atom is 0.229 e. The van der Waals surface area contributed by atoms with Crippen LogP contribution in [0.1, 0.15) is 49.7 Å². The van der Waals surface area contributed by atoms with Gasteiger partial charge >= 0.3 is 0 Å². The number of hydrogen-bond acceptors (Lipinski definition) is 6. The Morgan fingerprint density at radius 1 is 1.05 bits per heavy atom. The van der Waals surface area contributed by atoms with Gasteiger partial charge in [0, 0.05) is 23.2 Å². The smallest absolute Gasteiger partial charge is 0.229 e. The molecule has 38 heavy (non-hydrogen) atoms. The molecule has 2 aromatic carbocycles. The van der Waals surface area contributed by atoms with E-state index in [2.05, 4.69) is 36.8 Å². The zero-order valence-corrected chi connectivity index (χ0v) is 21.1. The third kappa shape index (κ3) is 4.08. The number of terminal acetylenes is 1. The van der Waals surface area contributed by atoms with Gasteiger partial charge in [-0.1, -0.05) is 29.3 Å². The topological polar surface area (TPSA) is 97.6 Å². The summed E-state index contributed by atoms with van der Waals surface area (Å²) in [5, 5.41) is 15.1. The highest BCUT2D eigenvalue weighted by Gasteiger charge is 2.54. The normalized spacial score (nSPS) is 25.3. The molecular formula is C30H29N7O. The van der Waals surface area contributed by atoms with Gasteiger partial charge in [0.1, 0.15) is 0 Å². The fourth-order valence-electron chi connectivity index (χ4n) is 7.33. The van der Waals surface area contributed by atoms with E-state index in [0.717, 1.165) is 59.5 Å². The summed E-state index contributed by atoms with van der Waals surface area (Å²) in [7, 11) is 0. The van der Waals surface area contributed by atoms with Crippen molar-refractivity contribution in [3.8, 4) is 18.0 Å². The third-order valence-electron chi connectivity index (χ3n) is 8.61. The second-order valence-electron chi connectivity index (χ2n) is 11.3. The van der Waals surface area contributed by atoms with Crippen LogP contribution >= 0.6 is 0 Å². The van der Waals surface area contributed by atoms with E-state index in [1.54, 1.807) is 10.9 Å². The van der Waals surface area contributed by atoms with E-state index in [9.17, 15) is 4.79 Å². The van der Waals surface area contributed by atoms with Crippen molar-refractivity contribution in [2.24, 2.45) is 23.2 Å². The maximum absolute atomic E-state index is 13.4. The molecule has 0 spiro atoms. The van der Waals surface area contributed by atoms with E-state index >= 15 is 0 Å². The number of amides is 1. The molecule has 2 heterocycles. The van der Waals surface area contributed by atoms with Crippen LogP contribution < -0.4 is 10.6 Å². The van der Waals surface area contributed by atoms with Crippen LogP contribution in [0.25, 0.3) is 16.9 Å². The molecule has 4 aliphatic rings. The Morgan fingerprint density at radius 3 is 2.58 bits per heavy atom. The summed E-state index contributed by atoms with van der Waals surface area (Å²) in [4.78, 5) is 22.5. The van der Waals surface area contributed by atoms with Crippen LogP contribution in [-0.2, 0) is 11.3 Å². The molecule has 2 aromatic heterocycles. The Bertz CT molecular complexity index is 1550. The van der Waals surface area contributed by atoms with Crippen molar-refractivity contribution in [2.75, 3.05) is 5.32 Å². The van der Waals surface area contributed by atoms with Crippen LogP contribution in [0.3, 0.4) is 0 Å². The van der Waals surface area contributed by atoms with Gasteiger partial charge in [-0.3, -0.25) is 4.79 Å². The lowest BCUT2D eigenvalue weighted by atomic mass is 9.49. The van der Waals surface area contributed by atoms with Crippen LogP contribution in [0, 0.1) is 35.5 Å². The van der Waals surface area contributed by atoms with Crippen LogP contribution in [-0.4, -0.2) is 30.9 Å². The first-order chi connectivity index (χ1) is 18.6. The van der Waals surface area contributed by atoms with Crippen LogP contribution in [0.2, 0.25) is 0 Å². The molecule has 4 aromatic rings. The molecule has 0 radical (unpaired) electrons. The van der Waals surface area contributed by atoms with Gasteiger partial charge in [-0.15, -0.1) is 11.5 Å². The van der Waals surface area contributed by atoms with E-state index in [0.29, 0.717) is 23.7 Å². The van der Waals surface area contributed by atoms with Crippen molar-refractivity contribution in [2.45, 2.75) is 45.1 Å². The Balaban J connectivity index is 1.09. The first-order valence-electron chi connectivity index (χ1n) is 13.4. The van der Waals surface area contributed by atoms with Crippen LogP contribution in [0.15, 0.2) is 54.7 Å². The number of nitrogens with one attached hydrogen (secondary N) is 2. The largest absolute Gasteiger partial charge is 0.352 e. The number of carbonyl (C=O) groups excluding carboxylic acids is 1. The number of aromatic nitrogens is 5. The number of anilines is 2. The number of carbonyl (C=O) groups is 1. The summed E-state index contributed by atoms with van der Waals surface area (Å²) in [5.74, 6) is 5.55. The molecule has 4 bridgehead atoms. The van der Waals surface area contributed by atoms with Gasteiger partial charge in [0.15, 0.2) is 11.2 Å². The summed E-state index contributed by atoms with van der Waals surface area (Å²) in [6, 6.07) is 15.5. The molecule has 8 heteroatoms. The monoisotopic (exact) mass is 503 g/mol. The van der Waals surface area contributed by atoms with Crippen molar-refractivity contribution in [1.29, 1.82) is 0 Å². The minimum Gasteiger partial charge on any atom is -0.352 e. The summed E-state index contributed by atoms with van der Waals surface area (Å²) in [6.45, 7) is 0.494. The second kappa shape index (κ2) is 8.95. The van der Waals surface area contributed by atoms with Crippen molar-refractivity contribution < 1.29 is 4.79 Å². The molecule has 0 unspecified atom stereocenters. The predicted octanol–water partition coefficient (Wildman–Crippen LogP) is 4.77. The zero-order valence-electron chi connectivity index (χ0n) is 21.1. The Hall–Kier alpha value is -4.25. The summed E-state index contributed by atoms with van der Waals surface area (Å²) >= 11 is 0. The highest BCUT2D eigenvalue weighted by Crippen LogP contribution is 2.60. The number of nitrogens with zero attached hydrogens (tertiary/aromatic N) is 5. The number of rotatable bonds is 6. The molecule has 8 rings (SSSR count). The highest BCUT2D eigenvalue weighted by atomic mass is 16.2. The Morgan fingerprint density at radius 2 is 1.82 bits per heavy atom. The minimum atomic E-state index is -0.144. The number of hydrogen-bond donors (Lipinski definition) is 2. The highest BCUT2D eigenvalue weighted by molar-refractivity contribution is 5.83. The van der Waals surface area contributed by atoms with Gasteiger partial charge in [0.05, 0.1) is 11.9 Å². The Kier molecular flexibility index (Phi) is 5.39. The van der Waals surface area contributed by atoms with Gasteiger partial charge in [-0.2, -0.15) is 9.67 Å². The SMILES string of the molecule is C#Cc1cccc(Nc2ncc3nnn(-c4cccc(CNC(=O)C56CC7CC(CC(C7)C5)C6)c4)c3n2)c1. The van der Waals surface area contributed by atoms with Gasteiger partial charge < -0.3 is 10.6 Å². The molecule has 1 amide bonds. The standard InChI is InChI=1S/C30H29N7O/c1-2-19-5-3-7-24(12-19)33-29-32-18-26-27(34-29)37(36-35-26)25-8-4-6-20(13-25)17-31-28(38)30-14-21-9-22(15-30)11-23(10-21)16-30/h1,3-8,12-13,18,21-23H,9-11,14-17H2,(H,31,38)(H,32,33,34). The lowest BCUT2D eigenvalue weighted by Crippen LogP contribution is -2.53. The van der Waals surface area contributed by atoms with Crippen LogP contribution in [0.5, 0.6) is 0 Å². The van der Waals surface area contributed by atoms with Gasteiger partial charge in [-0.25, -0.2) is 4.98 Å². The summed E-state index contributed by atoms with van der Waals surface area (Å²) in [5.41, 5.74) is 4.45.